The number of oxime groups is 1. The zero-order valence-corrected chi connectivity index (χ0v) is 11.5. The summed E-state index contributed by atoms with van der Waals surface area (Å²) in [6.45, 7) is 3.82. The van der Waals surface area contributed by atoms with Crippen LogP contribution in [0.1, 0.15) is 16.8 Å². The molecule has 2 rings (SSSR count). The molecule has 2 aromatic rings. The molecule has 0 spiro atoms. The predicted octanol–water partition coefficient (Wildman–Crippen LogP) is 2.40. The maximum absolute atomic E-state index is 8.85. The molecule has 3 N–H and O–H groups in total. The van der Waals surface area contributed by atoms with Crippen LogP contribution >= 0.6 is 23.1 Å². The Hall–Kier alpha value is -1.60. The summed E-state index contributed by atoms with van der Waals surface area (Å²) in [5, 5.41) is 14.5. The minimum atomic E-state index is 0.0686. The lowest BCUT2D eigenvalue weighted by molar-refractivity contribution is 0.318. The zero-order chi connectivity index (χ0) is 13.1. The minimum absolute atomic E-state index is 0.0686. The Balaban J connectivity index is 2.50. The van der Waals surface area contributed by atoms with Gasteiger partial charge in [-0.1, -0.05) is 5.16 Å². The minimum Gasteiger partial charge on any atom is -0.409 e. The molecule has 0 radical (unpaired) electrons. The first-order chi connectivity index (χ1) is 8.61. The maximum Gasteiger partial charge on any atom is 0.173 e. The molecule has 0 aromatic carbocycles. The van der Waals surface area contributed by atoms with Crippen molar-refractivity contribution in [1.29, 1.82) is 0 Å². The molecule has 0 saturated heterocycles. The van der Waals surface area contributed by atoms with E-state index >= 15 is 0 Å². The van der Waals surface area contributed by atoms with Crippen LogP contribution in [0.5, 0.6) is 0 Å². The molecule has 0 aliphatic carbocycles. The lowest BCUT2D eigenvalue weighted by Gasteiger charge is -2.10. The van der Waals surface area contributed by atoms with Gasteiger partial charge in [-0.05, 0) is 37.2 Å². The molecule has 0 saturated carbocycles. The number of hydrogen-bond donors (Lipinski definition) is 2. The average molecular weight is 280 g/mol. The highest BCUT2D eigenvalue weighted by atomic mass is 32.2. The molecule has 0 aliphatic heterocycles. The maximum atomic E-state index is 8.85. The molecule has 0 unspecified atom stereocenters. The fourth-order valence-electron chi connectivity index (χ4n) is 1.58. The van der Waals surface area contributed by atoms with E-state index in [1.165, 1.54) is 23.1 Å². The normalized spacial score (nSPS) is 11.8. The summed E-state index contributed by atoms with van der Waals surface area (Å²) in [5.41, 5.74) is 8.18. The highest BCUT2D eigenvalue weighted by Gasteiger charge is 2.15. The van der Waals surface area contributed by atoms with E-state index < -0.39 is 0 Å². The van der Waals surface area contributed by atoms with E-state index in [9.17, 15) is 0 Å². The van der Waals surface area contributed by atoms with Gasteiger partial charge in [0, 0.05) is 17.3 Å². The van der Waals surface area contributed by atoms with Gasteiger partial charge in [0.2, 0.25) is 0 Å². The van der Waals surface area contributed by atoms with Crippen LogP contribution in [-0.4, -0.2) is 21.0 Å². The number of thiazole rings is 1. The molecule has 18 heavy (non-hydrogen) atoms. The van der Waals surface area contributed by atoms with Crippen LogP contribution in [0.2, 0.25) is 0 Å². The SMILES string of the molecule is Cc1cc(C)c(/C(N)=N/O)c(Sc2nccs2)n1. The third-order valence-electron chi connectivity index (χ3n) is 2.27. The molecule has 0 fully saturated rings. The van der Waals surface area contributed by atoms with E-state index in [4.69, 9.17) is 10.9 Å². The number of nitrogens with two attached hydrogens (primary N) is 1. The molecule has 0 amide bonds. The summed E-state index contributed by atoms with van der Waals surface area (Å²) in [6, 6.07) is 1.90. The first-order valence-corrected chi connectivity index (χ1v) is 6.85. The Morgan fingerprint density at radius 1 is 1.50 bits per heavy atom. The highest BCUT2D eigenvalue weighted by molar-refractivity contribution is 8.01. The first-order valence-electron chi connectivity index (χ1n) is 5.15. The number of pyridine rings is 1. The molecule has 0 bridgehead atoms. The van der Waals surface area contributed by atoms with Gasteiger partial charge in [-0.25, -0.2) is 9.97 Å². The van der Waals surface area contributed by atoms with Crippen LogP contribution in [-0.2, 0) is 0 Å². The lowest BCUT2D eigenvalue weighted by Crippen LogP contribution is -2.17. The van der Waals surface area contributed by atoms with Crippen molar-refractivity contribution < 1.29 is 5.21 Å². The Labute approximate surface area is 113 Å². The summed E-state index contributed by atoms with van der Waals surface area (Å²) in [5.74, 6) is 0.0686. The van der Waals surface area contributed by atoms with E-state index in [0.29, 0.717) is 10.6 Å². The van der Waals surface area contributed by atoms with Crippen LogP contribution in [0.25, 0.3) is 0 Å². The monoisotopic (exact) mass is 280 g/mol. The standard InChI is InChI=1S/C11H12N4OS2/c1-6-5-7(2)14-10(8(6)9(12)15-16)18-11-13-3-4-17-11/h3-5,16H,1-2H3,(H2,12,15). The van der Waals surface area contributed by atoms with E-state index in [-0.39, 0.29) is 5.84 Å². The van der Waals surface area contributed by atoms with Crippen molar-refractivity contribution in [1.82, 2.24) is 9.97 Å². The molecular weight excluding hydrogens is 268 g/mol. The number of aryl methyl sites for hydroxylation is 2. The average Bonchev–Trinajstić information content (AvgIpc) is 2.80. The van der Waals surface area contributed by atoms with Crippen LogP contribution in [0.15, 0.2) is 32.2 Å². The fourth-order valence-corrected chi connectivity index (χ4v) is 3.37. The predicted molar refractivity (Wildman–Crippen MR) is 72.5 cm³/mol. The van der Waals surface area contributed by atoms with Crippen LogP contribution in [0.3, 0.4) is 0 Å². The van der Waals surface area contributed by atoms with Crippen LogP contribution < -0.4 is 5.73 Å². The first kappa shape index (κ1) is 12.8. The number of rotatable bonds is 3. The molecule has 0 aliphatic rings. The third-order valence-corrected chi connectivity index (χ3v) is 4.14. The zero-order valence-electron chi connectivity index (χ0n) is 9.91. The number of nitrogens with zero attached hydrogens (tertiary/aromatic N) is 3. The van der Waals surface area contributed by atoms with E-state index in [1.807, 2.05) is 25.3 Å². The van der Waals surface area contributed by atoms with Crippen molar-refractivity contribution in [3.05, 3.63) is 34.5 Å². The summed E-state index contributed by atoms with van der Waals surface area (Å²) >= 11 is 2.94. The van der Waals surface area contributed by atoms with Crippen molar-refractivity contribution >= 4 is 28.9 Å². The van der Waals surface area contributed by atoms with Crippen molar-refractivity contribution in [2.24, 2.45) is 10.9 Å². The second-order valence-electron chi connectivity index (χ2n) is 3.65. The van der Waals surface area contributed by atoms with Gasteiger partial charge in [0.1, 0.15) is 5.03 Å². The molecule has 0 atom stereocenters. The van der Waals surface area contributed by atoms with Crippen molar-refractivity contribution in [3.8, 4) is 0 Å². The smallest absolute Gasteiger partial charge is 0.173 e. The lowest BCUT2D eigenvalue weighted by atomic mass is 10.1. The van der Waals surface area contributed by atoms with Crippen LogP contribution in [0.4, 0.5) is 0 Å². The van der Waals surface area contributed by atoms with Gasteiger partial charge in [-0.2, -0.15) is 0 Å². The quantitative estimate of drug-likeness (QED) is 0.390. The summed E-state index contributed by atoms with van der Waals surface area (Å²) in [4.78, 5) is 8.63. The highest BCUT2D eigenvalue weighted by Crippen LogP contribution is 2.31. The Bertz CT molecular complexity index is 581. The second-order valence-corrected chi connectivity index (χ2v) is 5.78. The van der Waals surface area contributed by atoms with Crippen molar-refractivity contribution in [2.75, 3.05) is 0 Å². The van der Waals surface area contributed by atoms with Crippen molar-refractivity contribution in [3.63, 3.8) is 0 Å². The summed E-state index contributed by atoms with van der Waals surface area (Å²) < 4.78 is 0.875. The van der Waals surface area contributed by atoms with Gasteiger partial charge in [0.05, 0.1) is 5.56 Å². The van der Waals surface area contributed by atoms with E-state index in [2.05, 4.69) is 15.1 Å². The Morgan fingerprint density at radius 2 is 2.28 bits per heavy atom. The Kier molecular flexibility index (Phi) is 3.83. The summed E-state index contributed by atoms with van der Waals surface area (Å²) in [6.07, 6.45) is 1.73. The number of amidine groups is 1. The summed E-state index contributed by atoms with van der Waals surface area (Å²) in [7, 11) is 0. The van der Waals surface area contributed by atoms with E-state index in [1.54, 1.807) is 6.20 Å². The largest absolute Gasteiger partial charge is 0.409 e. The molecule has 2 heterocycles. The van der Waals surface area contributed by atoms with Gasteiger partial charge in [0.15, 0.2) is 10.2 Å². The fraction of sp³-hybridized carbons (Fsp3) is 0.182. The number of hydrogen-bond acceptors (Lipinski definition) is 6. The molecular formula is C11H12N4OS2. The van der Waals surface area contributed by atoms with Gasteiger partial charge in [0.25, 0.3) is 0 Å². The van der Waals surface area contributed by atoms with Gasteiger partial charge >= 0.3 is 0 Å². The van der Waals surface area contributed by atoms with E-state index in [0.717, 1.165) is 15.6 Å². The molecule has 5 nitrogen and oxygen atoms in total. The van der Waals surface area contributed by atoms with Crippen molar-refractivity contribution in [2.45, 2.75) is 23.2 Å². The van der Waals surface area contributed by atoms with Gasteiger partial charge < -0.3 is 10.9 Å². The molecule has 7 heteroatoms. The molecule has 94 valence electrons. The second kappa shape index (κ2) is 5.36. The third kappa shape index (κ3) is 2.62. The molecule has 2 aromatic heterocycles. The van der Waals surface area contributed by atoms with Crippen LogP contribution in [0, 0.1) is 13.8 Å². The topological polar surface area (TPSA) is 84.4 Å². The van der Waals surface area contributed by atoms with Gasteiger partial charge in [-0.3, -0.25) is 0 Å². The number of aromatic nitrogens is 2. The van der Waals surface area contributed by atoms with Gasteiger partial charge in [-0.15, -0.1) is 11.3 Å². The Morgan fingerprint density at radius 3 is 2.89 bits per heavy atom.